The predicted molar refractivity (Wildman–Crippen MR) is 75.7 cm³/mol. The summed E-state index contributed by atoms with van der Waals surface area (Å²) in [7, 11) is 1.58. The van der Waals surface area contributed by atoms with Crippen molar-refractivity contribution in [2.24, 2.45) is 5.92 Å². The second kappa shape index (κ2) is 6.71. The van der Waals surface area contributed by atoms with E-state index in [9.17, 15) is 4.79 Å². The van der Waals surface area contributed by atoms with Gasteiger partial charge in [0.15, 0.2) is 0 Å². The highest BCUT2D eigenvalue weighted by Crippen LogP contribution is 2.29. The molecule has 1 fully saturated rings. The Hall–Kier alpha value is -1.35. The van der Waals surface area contributed by atoms with Gasteiger partial charge in [-0.3, -0.25) is 9.63 Å². The number of benzene rings is 1. The van der Waals surface area contributed by atoms with Crippen molar-refractivity contribution >= 4 is 5.91 Å². The fourth-order valence-corrected chi connectivity index (χ4v) is 2.95. The molecule has 1 aromatic rings. The van der Waals surface area contributed by atoms with Gasteiger partial charge >= 0.3 is 0 Å². The summed E-state index contributed by atoms with van der Waals surface area (Å²) in [5.41, 5.74) is 0.687. The van der Waals surface area contributed by atoms with Crippen molar-refractivity contribution < 1.29 is 9.63 Å². The Kier molecular flexibility index (Phi) is 4.97. The van der Waals surface area contributed by atoms with Crippen LogP contribution < -0.4 is 0 Å². The first-order valence-electron chi connectivity index (χ1n) is 7.16. The lowest BCUT2D eigenvalue weighted by Gasteiger charge is -2.34. The molecular formula is C16H23NO2. The Morgan fingerprint density at radius 2 is 1.84 bits per heavy atom. The van der Waals surface area contributed by atoms with E-state index in [0.29, 0.717) is 11.5 Å². The molecule has 0 N–H and O–H groups in total. The summed E-state index contributed by atoms with van der Waals surface area (Å²) in [5, 5.41) is 1.55. The van der Waals surface area contributed by atoms with E-state index in [0.717, 1.165) is 0 Å². The standard InChI is InChI=1S/C16H23NO2/c1-13(14-9-5-3-6-10-14)17(19-2)16(18)15-11-7-4-8-12-15/h4,7-8,11-14H,3,5-6,9-10H2,1-2H3. The van der Waals surface area contributed by atoms with Gasteiger partial charge in [-0.05, 0) is 37.8 Å². The lowest BCUT2D eigenvalue weighted by atomic mass is 9.84. The largest absolute Gasteiger partial charge is 0.277 e. The molecule has 3 nitrogen and oxygen atoms in total. The molecule has 1 unspecified atom stereocenters. The molecule has 3 heteroatoms. The van der Waals surface area contributed by atoms with Gasteiger partial charge in [0, 0.05) is 5.56 Å². The van der Waals surface area contributed by atoms with Gasteiger partial charge in [0.25, 0.3) is 5.91 Å². The van der Waals surface area contributed by atoms with E-state index in [2.05, 4.69) is 6.92 Å². The topological polar surface area (TPSA) is 29.5 Å². The molecule has 2 rings (SSSR count). The van der Waals surface area contributed by atoms with E-state index < -0.39 is 0 Å². The van der Waals surface area contributed by atoms with Crippen LogP contribution in [0.15, 0.2) is 30.3 Å². The number of carbonyl (C=O) groups is 1. The first kappa shape index (κ1) is 14.1. The van der Waals surface area contributed by atoms with Gasteiger partial charge in [-0.2, -0.15) is 0 Å². The minimum absolute atomic E-state index is 0.0406. The lowest BCUT2D eigenvalue weighted by molar-refractivity contribution is -0.133. The zero-order valence-corrected chi connectivity index (χ0v) is 11.8. The molecule has 0 saturated heterocycles. The molecular weight excluding hydrogens is 238 g/mol. The molecule has 104 valence electrons. The Balaban J connectivity index is 2.08. The van der Waals surface area contributed by atoms with Crippen molar-refractivity contribution in [3.05, 3.63) is 35.9 Å². The number of hydrogen-bond acceptors (Lipinski definition) is 2. The van der Waals surface area contributed by atoms with Crippen molar-refractivity contribution in [3.8, 4) is 0 Å². The summed E-state index contributed by atoms with van der Waals surface area (Å²) in [6.45, 7) is 2.10. The summed E-state index contributed by atoms with van der Waals surface area (Å²) in [6, 6.07) is 9.49. The average molecular weight is 261 g/mol. The highest BCUT2D eigenvalue weighted by molar-refractivity contribution is 5.93. The van der Waals surface area contributed by atoms with Crippen molar-refractivity contribution in [2.45, 2.75) is 45.1 Å². The second-order valence-electron chi connectivity index (χ2n) is 5.32. The Morgan fingerprint density at radius 3 is 2.42 bits per heavy atom. The second-order valence-corrected chi connectivity index (χ2v) is 5.32. The molecule has 0 bridgehead atoms. The van der Waals surface area contributed by atoms with Crippen molar-refractivity contribution in [1.82, 2.24) is 5.06 Å². The van der Waals surface area contributed by atoms with Gasteiger partial charge in [0.2, 0.25) is 0 Å². The summed E-state index contributed by atoms with van der Waals surface area (Å²) in [5.74, 6) is 0.516. The number of rotatable bonds is 4. The number of carbonyl (C=O) groups excluding carboxylic acids is 1. The maximum absolute atomic E-state index is 12.5. The number of hydroxylamine groups is 2. The third-order valence-electron chi connectivity index (χ3n) is 4.12. The third kappa shape index (κ3) is 3.35. The number of amides is 1. The normalized spacial score (nSPS) is 18.0. The van der Waals surface area contributed by atoms with Crippen LogP contribution in [-0.4, -0.2) is 24.1 Å². The Bertz CT molecular complexity index is 398. The number of hydrogen-bond donors (Lipinski definition) is 0. The highest BCUT2D eigenvalue weighted by Gasteiger charge is 2.29. The van der Waals surface area contributed by atoms with Gasteiger partial charge in [-0.1, -0.05) is 37.5 Å². The maximum atomic E-state index is 12.5. The van der Waals surface area contributed by atoms with E-state index in [4.69, 9.17) is 4.84 Å². The number of nitrogens with zero attached hydrogens (tertiary/aromatic N) is 1. The van der Waals surface area contributed by atoms with Crippen LogP contribution in [0.4, 0.5) is 0 Å². The van der Waals surface area contributed by atoms with Crippen LogP contribution in [0.5, 0.6) is 0 Å². The van der Waals surface area contributed by atoms with E-state index >= 15 is 0 Å². The molecule has 1 saturated carbocycles. The molecule has 0 heterocycles. The van der Waals surface area contributed by atoms with Gasteiger partial charge < -0.3 is 0 Å². The molecule has 19 heavy (non-hydrogen) atoms. The van der Waals surface area contributed by atoms with Gasteiger partial charge in [0.05, 0.1) is 13.2 Å². The highest BCUT2D eigenvalue weighted by atomic mass is 16.7. The molecule has 1 aliphatic rings. The first-order valence-corrected chi connectivity index (χ1v) is 7.16. The molecule has 0 aromatic heterocycles. The summed E-state index contributed by atoms with van der Waals surface area (Å²) in [4.78, 5) is 17.8. The Labute approximate surface area is 115 Å². The van der Waals surface area contributed by atoms with Crippen LogP contribution in [0.2, 0.25) is 0 Å². The monoisotopic (exact) mass is 261 g/mol. The fourth-order valence-electron chi connectivity index (χ4n) is 2.95. The zero-order valence-electron chi connectivity index (χ0n) is 11.8. The van der Waals surface area contributed by atoms with E-state index in [1.807, 2.05) is 30.3 Å². The summed E-state index contributed by atoms with van der Waals surface area (Å²) in [6.07, 6.45) is 6.26. The summed E-state index contributed by atoms with van der Waals surface area (Å²) >= 11 is 0. The van der Waals surface area contributed by atoms with Crippen LogP contribution >= 0.6 is 0 Å². The maximum Gasteiger partial charge on any atom is 0.277 e. The van der Waals surface area contributed by atoms with Crippen LogP contribution in [0.25, 0.3) is 0 Å². The van der Waals surface area contributed by atoms with E-state index in [-0.39, 0.29) is 11.9 Å². The predicted octanol–water partition coefficient (Wildman–Crippen LogP) is 3.66. The van der Waals surface area contributed by atoms with Gasteiger partial charge in [0.1, 0.15) is 0 Å². The van der Waals surface area contributed by atoms with Crippen LogP contribution in [0.3, 0.4) is 0 Å². The quantitative estimate of drug-likeness (QED) is 0.774. The lowest BCUT2D eigenvalue weighted by Crippen LogP contribution is -2.42. The molecule has 0 aliphatic heterocycles. The fraction of sp³-hybridized carbons (Fsp3) is 0.562. The minimum atomic E-state index is -0.0406. The molecule has 1 aliphatic carbocycles. The van der Waals surface area contributed by atoms with Gasteiger partial charge in [-0.25, -0.2) is 5.06 Å². The zero-order chi connectivity index (χ0) is 13.7. The minimum Gasteiger partial charge on any atom is -0.274 e. The van der Waals surface area contributed by atoms with Crippen LogP contribution in [0, 0.1) is 5.92 Å². The smallest absolute Gasteiger partial charge is 0.274 e. The van der Waals surface area contributed by atoms with E-state index in [1.54, 1.807) is 12.2 Å². The van der Waals surface area contributed by atoms with Crippen molar-refractivity contribution in [3.63, 3.8) is 0 Å². The van der Waals surface area contributed by atoms with Crippen LogP contribution in [-0.2, 0) is 4.84 Å². The van der Waals surface area contributed by atoms with Crippen LogP contribution in [0.1, 0.15) is 49.4 Å². The Morgan fingerprint density at radius 1 is 1.21 bits per heavy atom. The average Bonchev–Trinajstić information content (AvgIpc) is 2.49. The molecule has 0 spiro atoms. The van der Waals surface area contributed by atoms with E-state index in [1.165, 1.54) is 32.1 Å². The first-order chi connectivity index (χ1) is 9.24. The summed E-state index contributed by atoms with van der Waals surface area (Å²) < 4.78 is 0. The third-order valence-corrected chi connectivity index (χ3v) is 4.12. The van der Waals surface area contributed by atoms with Gasteiger partial charge in [-0.15, -0.1) is 0 Å². The van der Waals surface area contributed by atoms with Crippen molar-refractivity contribution in [1.29, 1.82) is 0 Å². The van der Waals surface area contributed by atoms with Crippen molar-refractivity contribution in [2.75, 3.05) is 7.11 Å². The SMILES string of the molecule is CON(C(=O)c1ccccc1)C(C)C1CCCCC1. The molecule has 1 aromatic carbocycles. The molecule has 1 amide bonds. The molecule has 0 radical (unpaired) electrons. The molecule has 1 atom stereocenters.